The van der Waals surface area contributed by atoms with Crippen molar-refractivity contribution in [2.45, 2.75) is 31.8 Å². The van der Waals surface area contributed by atoms with Crippen LogP contribution in [0.2, 0.25) is 5.02 Å². The molecule has 0 aliphatic carbocycles. The van der Waals surface area contributed by atoms with Gasteiger partial charge in [0.2, 0.25) is 10.0 Å². The molecule has 1 aromatic heterocycles. The molecular weight excluding hydrogens is 410 g/mol. The Morgan fingerprint density at radius 1 is 1.14 bits per heavy atom. The lowest BCUT2D eigenvalue weighted by Crippen LogP contribution is -2.41. The van der Waals surface area contributed by atoms with Crippen LogP contribution in [-0.2, 0) is 23.0 Å². The Morgan fingerprint density at radius 3 is 2.59 bits per heavy atom. The van der Waals surface area contributed by atoms with Gasteiger partial charge in [-0.1, -0.05) is 23.7 Å². The van der Waals surface area contributed by atoms with E-state index in [4.69, 9.17) is 11.6 Å². The minimum absolute atomic E-state index is 0.280. The number of aromatic nitrogens is 2. The minimum Gasteiger partial charge on any atom is -0.364 e. The number of likely N-dealkylation sites (tertiary alicyclic amines) is 1. The predicted octanol–water partition coefficient (Wildman–Crippen LogP) is 2.62. The van der Waals surface area contributed by atoms with E-state index >= 15 is 0 Å². The molecule has 1 atom stereocenters. The minimum atomic E-state index is -3.28. The van der Waals surface area contributed by atoms with Gasteiger partial charge in [-0.15, -0.1) is 10.2 Å². The largest absolute Gasteiger partial charge is 0.364 e. The Hall–Kier alpha value is -1.74. The molecule has 0 saturated carbocycles. The standard InChI is InChI=1S/C20H26ClN5O2S/c1-25-10-3-4-16(12-25)22-20-18-13-26(29(2,27)28)11-9-17(18)19(23-24-20)14-5-7-15(21)8-6-14/h5-8,16H,3-4,9-13H2,1-2H3,(H,22,24). The molecule has 7 nitrogen and oxygen atoms in total. The van der Waals surface area contributed by atoms with E-state index in [1.165, 1.54) is 10.6 Å². The van der Waals surface area contributed by atoms with Crippen molar-refractivity contribution in [3.05, 3.63) is 40.4 Å². The maximum atomic E-state index is 12.2. The van der Waals surface area contributed by atoms with E-state index in [9.17, 15) is 8.42 Å². The van der Waals surface area contributed by atoms with Crippen molar-refractivity contribution in [2.75, 3.05) is 38.3 Å². The van der Waals surface area contributed by atoms with Gasteiger partial charge in [-0.05, 0) is 50.6 Å². The summed E-state index contributed by atoms with van der Waals surface area (Å²) in [6, 6.07) is 7.81. The van der Waals surface area contributed by atoms with E-state index in [2.05, 4.69) is 27.5 Å². The Kier molecular flexibility index (Phi) is 5.79. The van der Waals surface area contributed by atoms with Crippen molar-refractivity contribution in [1.29, 1.82) is 0 Å². The molecule has 3 heterocycles. The molecule has 0 radical (unpaired) electrons. The van der Waals surface area contributed by atoms with Crippen molar-refractivity contribution in [3.63, 3.8) is 0 Å². The van der Waals surface area contributed by atoms with Crippen molar-refractivity contribution in [1.82, 2.24) is 19.4 Å². The van der Waals surface area contributed by atoms with Crippen LogP contribution in [0, 0.1) is 0 Å². The SMILES string of the molecule is CN1CCCC(Nc2nnc(-c3ccc(Cl)cc3)c3c2CN(S(C)(=O)=O)CC3)C1. The fraction of sp³-hybridized carbons (Fsp3) is 0.500. The summed E-state index contributed by atoms with van der Waals surface area (Å²) in [6.07, 6.45) is 4.06. The van der Waals surface area contributed by atoms with Crippen LogP contribution >= 0.6 is 11.6 Å². The van der Waals surface area contributed by atoms with Crippen LogP contribution in [0.15, 0.2) is 24.3 Å². The molecule has 2 aromatic rings. The summed E-state index contributed by atoms with van der Waals surface area (Å²) >= 11 is 6.03. The fourth-order valence-corrected chi connectivity index (χ4v) is 5.07. The van der Waals surface area contributed by atoms with Gasteiger partial charge >= 0.3 is 0 Å². The van der Waals surface area contributed by atoms with Crippen LogP contribution in [-0.4, -0.2) is 66.8 Å². The molecule has 1 unspecified atom stereocenters. The van der Waals surface area contributed by atoms with Crippen LogP contribution in [0.25, 0.3) is 11.3 Å². The maximum absolute atomic E-state index is 12.2. The van der Waals surface area contributed by atoms with Gasteiger partial charge in [-0.2, -0.15) is 4.31 Å². The number of halogens is 1. The van der Waals surface area contributed by atoms with Gasteiger partial charge in [0.05, 0.1) is 11.9 Å². The molecule has 1 fully saturated rings. The molecule has 9 heteroatoms. The first kappa shape index (κ1) is 20.5. The monoisotopic (exact) mass is 435 g/mol. The predicted molar refractivity (Wildman–Crippen MR) is 116 cm³/mol. The molecule has 0 amide bonds. The highest BCUT2D eigenvalue weighted by Gasteiger charge is 2.30. The van der Waals surface area contributed by atoms with Gasteiger partial charge in [0.1, 0.15) is 0 Å². The first-order chi connectivity index (χ1) is 13.8. The number of fused-ring (bicyclic) bond motifs is 1. The first-order valence-electron chi connectivity index (χ1n) is 9.86. The average Bonchev–Trinajstić information content (AvgIpc) is 2.68. The number of piperidine rings is 1. The zero-order chi connectivity index (χ0) is 20.6. The molecule has 4 rings (SSSR count). The van der Waals surface area contributed by atoms with Crippen LogP contribution < -0.4 is 5.32 Å². The van der Waals surface area contributed by atoms with Crippen molar-refractivity contribution in [3.8, 4) is 11.3 Å². The summed E-state index contributed by atoms with van der Waals surface area (Å²) in [7, 11) is -1.16. The lowest BCUT2D eigenvalue weighted by molar-refractivity contribution is 0.260. The number of nitrogens with zero attached hydrogens (tertiary/aromatic N) is 4. The van der Waals surface area contributed by atoms with Crippen LogP contribution in [0.1, 0.15) is 24.0 Å². The molecule has 2 aliphatic heterocycles. The zero-order valence-electron chi connectivity index (χ0n) is 16.7. The Morgan fingerprint density at radius 2 is 1.90 bits per heavy atom. The molecule has 1 N–H and O–H groups in total. The Bertz CT molecular complexity index is 997. The summed E-state index contributed by atoms with van der Waals surface area (Å²) in [4.78, 5) is 2.30. The molecule has 1 aromatic carbocycles. The van der Waals surface area contributed by atoms with Crippen molar-refractivity contribution < 1.29 is 8.42 Å². The summed E-state index contributed by atoms with van der Waals surface area (Å²) in [6.45, 7) is 2.80. The number of sulfonamides is 1. The first-order valence-corrected chi connectivity index (χ1v) is 12.1. The lowest BCUT2D eigenvalue weighted by atomic mass is 9.96. The highest BCUT2D eigenvalue weighted by atomic mass is 35.5. The number of hydrogen-bond acceptors (Lipinski definition) is 6. The molecule has 2 aliphatic rings. The van der Waals surface area contributed by atoms with Gasteiger partial charge in [-0.3, -0.25) is 0 Å². The Labute approximate surface area is 177 Å². The second-order valence-electron chi connectivity index (χ2n) is 7.95. The van der Waals surface area contributed by atoms with Gasteiger partial charge in [0, 0.05) is 41.8 Å². The number of anilines is 1. The third-order valence-corrected chi connectivity index (χ3v) is 7.19. The van der Waals surface area contributed by atoms with Crippen LogP contribution in [0.5, 0.6) is 0 Å². The van der Waals surface area contributed by atoms with Crippen molar-refractivity contribution >= 4 is 27.4 Å². The number of nitrogens with one attached hydrogen (secondary N) is 1. The third kappa shape index (κ3) is 4.55. The van der Waals surface area contributed by atoms with Crippen molar-refractivity contribution in [2.24, 2.45) is 0 Å². The molecule has 0 spiro atoms. The molecule has 156 valence electrons. The zero-order valence-corrected chi connectivity index (χ0v) is 18.3. The van der Waals surface area contributed by atoms with Gasteiger partial charge in [0.25, 0.3) is 0 Å². The topological polar surface area (TPSA) is 78.4 Å². The smallest absolute Gasteiger partial charge is 0.211 e. The van der Waals surface area contributed by atoms with Crippen LogP contribution in [0.4, 0.5) is 5.82 Å². The third-order valence-electron chi connectivity index (χ3n) is 5.68. The number of hydrogen-bond donors (Lipinski definition) is 1. The van der Waals surface area contributed by atoms with E-state index in [-0.39, 0.29) is 6.04 Å². The number of rotatable bonds is 4. The normalized spacial score (nSPS) is 21.0. The number of likely N-dealkylation sites (N-methyl/N-ethyl adjacent to an activating group) is 1. The molecular formula is C20H26ClN5O2S. The van der Waals surface area contributed by atoms with Gasteiger partial charge < -0.3 is 10.2 Å². The number of benzene rings is 1. The van der Waals surface area contributed by atoms with E-state index in [0.717, 1.165) is 48.3 Å². The van der Waals surface area contributed by atoms with E-state index in [1.54, 1.807) is 0 Å². The summed E-state index contributed by atoms with van der Waals surface area (Å²) in [5.41, 5.74) is 3.73. The molecule has 29 heavy (non-hydrogen) atoms. The van der Waals surface area contributed by atoms with Gasteiger partial charge in [0.15, 0.2) is 5.82 Å². The maximum Gasteiger partial charge on any atom is 0.211 e. The van der Waals surface area contributed by atoms with Crippen LogP contribution in [0.3, 0.4) is 0 Å². The quantitative estimate of drug-likeness (QED) is 0.795. The summed E-state index contributed by atoms with van der Waals surface area (Å²) in [5, 5.41) is 13.2. The fourth-order valence-electron chi connectivity index (χ4n) is 4.15. The average molecular weight is 436 g/mol. The van der Waals surface area contributed by atoms with E-state index in [0.29, 0.717) is 30.4 Å². The summed E-state index contributed by atoms with van der Waals surface area (Å²) < 4.78 is 25.9. The van der Waals surface area contributed by atoms with E-state index < -0.39 is 10.0 Å². The highest BCUT2D eigenvalue weighted by Crippen LogP contribution is 2.33. The second kappa shape index (κ2) is 8.18. The van der Waals surface area contributed by atoms with E-state index in [1.807, 2.05) is 24.3 Å². The second-order valence-corrected chi connectivity index (χ2v) is 10.4. The molecule has 0 bridgehead atoms. The molecule has 1 saturated heterocycles. The Balaban J connectivity index is 1.73. The summed E-state index contributed by atoms with van der Waals surface area (Å²) in [5.74, 6) is 0.700. The lowest BCUT2D eigenvalue weighted by Gasteiger charge is -2.33. The van der Waals surface area contributed by atoms with Gasteiger partial charge in [-0.25, -0.2) is 8.42 Å². The highest BCUT2D eigenvalue weighted by molar-refractivity contribution is 7.88.